The summed E-state index contributed by atoms with van der Waals surface area (Å²) in [6, 6.07) is 10.5. The van der Waals surface area contributed by atoms with Crippen molar-refractivity contribution in [2.75, 3.05) is 6.54 Å². The molecule has 1 fully saturated rings. The first kappa shape index (κ1) is 20.4. The zero-order valence-electron chi connectivity index (χ0n) is 15.5. The number of carbonyl (C=O) groups is 1. The number of hydrogen-bond donors (Lipinski definition) is 1. The number of nitrogens with one attached hydrogen (secondary N) is 1. The number of hydrogen-bond acceptors (Lipinski definition) is 3. The van der Waals surface area contributed by atoms with Crippen molar-refractivity contribution < 1.29 is 22.0 Å². The van der Waals surface area contributed by atoms with E-state index in [0.29, 0.717) is 12.6 Å². The maximum Gasteiger partial charge on any atom is 0.240 e. The van der Waals surface area contributed by atoms with E-state index in [0.717, 1.165) is 36.1 Å². The van der Waals surface area contributed by atoms with Gasteiger partial charge in [-0.15, -0.1) is 0 Å². The molecule has 1 saturated carbocycles. The molecule has 3 rings (SSSR count). The van der Waals surface area contributed by atoms with Crippen LogP contribution in [0.1, 0.15) is 30.4 Å². The SMILES string of the molecule is Cc1ccc(CN(C(=O)CCNS(=O)(=O)c2ccc(F)c(F)c2)C2CC2)cc1. The molecule has 2 aromatic carbocycles. The zero-order valence-corrected chi connectivity index (χ0v) is 16.3. The second-order valence-electron chi connectivity index (χ2n) is 6.96. The Balaban J connectivity index is 1.58. The Morgan fingerprint density at radius 1 is 1.11 bits per heavy atom. The van der Waals surface area contributed by atoms with Crippen molar-refractivity contribution in [3.63, 3.8) is 0 Å². The molecule has 150 valence electrons. The van der Waals surface area contributed by atoms with Crippen molar-refractivity contribution in [2.45, 2.75) is 43.7 Å². The van der Waals surface area contributed by atoms with E-state index in [2.05, 4.69) is 4.72 Å². The molecule has 0 radical (unpaired) electrons. The van der Waals surface area contributed by atoms with E-state index in [4.69, 9.17) is 0 Å². The van der Waals surface area contributed by atoms with Crippen LogP contribution in [0.5, 0.6) is 0 Å². The Morgan fingerprint density at radius 3 is 2.39 bits per heavy atom. The fourth-order valence-corrected chi connectivity index (χ4v) is 3.90. The van der Waals surface area contributed by atoms with Crippen molar-refractivity contribution in [2.24, 2.45) is 0 Å². The van der Waals surface area contributed by atoms with Gasteiger partial charge in [0.05, 0.1) is 4.90 Å². The molecule has 1 amide bonds. The second-order valence-corrected chi connectivity index (χ2v) is 8.73. The molecular weight excluding hydrogens is 386 g/mol. The highest BCUT2D eigenvalue weighted by Gasteiger charge is 2.32. The first-order chi connectivity index (χ1) is 13.3. The molecule has 28 heavy (non-hydrogen) atoms. The number of benzene rings is 2. The number of sulfonamides is 1. The third-order valence-corrected chi connectivity index (χ3v) is 6.07. The molecule has 0 unspecified atom stereocenters. The monoisotopic (exact) mass is 408 g/mol. The highest BCUT2D eigenvalue weighted by molar-refractivity contribution is 7.89. The number of amides is 1. The van der Waals surface area contributed by atoms with Crippen LogP contribution in [0, 0.1) is 18.6 Å². The Morgan fingerprint density at radius 2 is 1.79 bits per heavy atom. The smallest absolute Gasteiger partial charge is 0.240 e. The number of aryl methyl sites for hydroxylation is 1. The predicted molar refractivity (Wildman–Crippen MR) is 101 cm³/mol. The summed E-state index contributed by atoms with van der Waals surface area (Å²) >= 11 is 0. The molecule has 1 N–H and O–H groups in total. The van der Waals surface area contributed by atoms with E-state index >= 15 is 0 Å². The Kier molecular flexibility index (Phi) is 6.10. The zero-order chi connectivity index (χ0) is 20.3. The molecule has 5 nitrogen and oxygen atoms in total. The van der Waals surface area contributed by atoms with Gasteiger partial charge in [0.1, 0.15) is 0 Å². The number of nitrogens with zero attached hydrogens (tertiary/aromatic N) is 1. The van der Waals surface area contributed by atoms with Crippen LogP contribution in [0.2, 0.25) is 0 Å². The van der Waals surface area contributed by atoms with Crippen LogP contribution in [0.3, 0.4) is 0 Å². The van der Waals surface area contributed by atoms with E-state index in [1.165, 1.54) is 0 Å². The molecule has 0 bridgehead atoms. The van der Waals surface area contributed by atoms with Gasteiger partial charge in [-0.2, -0.15) is 0 Å². The van der Waals surface area contributed by atoms with Gasteiger partial charge in [-0.25, -0.2) is 21.9 Å². The van der Waals surface area contributed by atoms with E-state index in [9.17, 15) is 22.0 Å². The number of halogens is 2. The van der Waals surface area contributed by atoms with E-state index < -0.39 is 21.7 Å². The number of carbonyl (C=O) groups excluding carboxylic acids is 1. The maximum absolute atomic E-state index is 13.3. The minimum Gasteiger partial charge on any atom is -0.335 e. The summed E-state index contributed by atoms with van der Waals surface area (Å²) in [6.07, 6.45) is 1.88. The van der Waals surface area contributed by atoms with Gasteiger partial charge in [-0.1, -0.05) is 29.8 Å². The molecule has 0 atom stereocenters. The molecule has 0 spiro atoms. The molecule has 1 aliphatic carbocycles. The van der Waals surface area contributed by atoms with Crippen molar-refractivity contribution >= 4 is 15.9 Å². The lowest BCUT2D eigenvalue weighted by Gasteiger charge is -2.23. The van der Waals surface area contributed by atoms with E-state index in [1.807, 2.05) is 31.2 Å². The van der Waals surface area contributed by atoms with Gasteiger partial charge in [0.25, 0.3) is 0 Å². The summed E-state index contributed by atoms with van der Waals surface area (Å²) in [5, 5.41) is 0. The summed E-state index contributed by atoms with van der Waals surface area (Å²) < 4.78 is 52.9. The standard InChI is InChI=1S/C20H22F2N2O3S/c1-14-2-4-15(5-3-14)13-24(16-6-7-16)20(25)10-11-23-28(26,27)17-8-9-18(21)19(22)12-17/h2-5,8-9,12,16,23H,6-7,10-11,13H2,1H3. The lowest BCUT2D eigenvalue weighted by molar-refractivity contribution is -0.132. The Hall–Kier alpha value is -2.32. The van der Waals surface area contributed by atoms with Crippen LogP contribution in [0.15, 0.2) is 47.4 Å². The van der Waals surface area contributed by atoms with Crippen molar-refractivity contribution in [1.82, 2.24) is 9.62 Å². The Bertz CT molecular complexity index is 958. The topological polar surface area (TPSA) is 66.5 Å². The van der Waals surface area contributed by atoms with Gasteiger partial charge in [-0.05, 0) is 43.5 Å². The van der Waals surface area contributed by atoms with Crippen molar-refractivity contribution in [3.05, 3.63) is 65.2 Å². The van der Waals surface area contributed by atoms with Gasteiger partial charge in [0.15, 0.2) is 11.6 Å². The fraction of sp³-hybridized carbons (Fsp3) is 0.350. The highest BCUT2D eigenvalue weighted by atomic mass is 32.2. The molecule has 0 aromatic heterocycles. The largest absolute Gasteiger partial charge is 0.335 e. The molecule has 2 aromatic rings. The maximum atomic E-state index is 13.3. The Labute approximate surface area is 163 Å². The summed E-state index contributed by atoms with van der Waals surface area (Å²) in [5.41, 5.74) is 2.16. The van der Waals surface area contributed by atoms with Gasteiger partial charge in [0.2, 0.25) is 15.9 Å². The predicted octanol–water partition coefficient (Wildman–Crippen LogP) is 3.13. The second kappa shape index (κ2) is 8.36. The van der Waals surface area contributed by atoms with Crippen molar-refractivity contribution in [3.8, 4) is 0 Å². The van der Waals surface area contributed by atoms with E-state index in [-0.39, 0.29) is 29.8 Å². The van der Waals surface area contributed by atoms with E-state index in [1.54, 1.807) is 4.90 Å². The van der Waals surface area contributed by atoms with Crippen LogP contribution in [0.4, 0.5) is 8.78 Å². The average molecular weight is 408 g/mol. The molecule has 0 aliphatic heterocycles. The highest BCUT2D eigenvalue weighted by Crippen LogP contribution is 2.29. The fourth-order valence-electron chi connectivity index (χ4n) is 2.86. The normalized spacial score (nSPS) is 14.1. The minimum absolute atomic E-state index is 0.00866. The first-order valence-corrected chi connectivity index (χ1v) is 10.5. The lowest BCUT2D eigenvalue weighted by atomic mass is 10.1. The van der Waals surface area contributed by atoms with Crippen molar-refractivity contribution in [1.29, 1.82) is 0 Å². The first-order valence-electron chi connectivity index (χ1n) is 9.06. The molecule has 0 heterocycles. The van der Waals surface area contributed by atoms with Crippen LogP contribution in [-0.2, 0) is 21.4 Å². The quantitative estimate of drug-likeness (QED) is 0.730. The third kappa shape index (κ3) is 5.14. The van der Waals surface area contributed by atoms with Gasteiger partial charge < -0.3 is 4.90 Å². The molecule has 1 aliphatic rings. The van der Waals surface area contributed by atoms with Crippen LogP contribution in [0.25, 0.3) is 0 Å². The minimum atomic E-state index is -4.02. The summed E-state index contributed by atoms with van der Waals surface area (Å²) in [6.45, 7) is 2.36. The third-order valence-electron chi connectivity index (χ3n) is 4.61. The molecule has 0 saturated heterocycles. The van der Waals surface area contributed by atoms with Gasteiger partial charge in [-0.3, -0.25) is 4.79 Å². The molecule has 8 heteroatoms. The summed E-state index contributed by atoms with van der Waals surface area (Å²) in [4.78, 5) is 14.0. The number of rotatable bonds is 8. The molecular formula is C20H22F2N2O3S. The van der Waals surface area contributed by atoms with Crippen LogP contribution >= 0.6 is 0 Å². The van der Waals surface area contributed by atoms with Gasteiger partial charge in [0, 0.05) is 25.6 Å². The van der Waals surface area contributed by atoms with Crippen LogP contribution in [-0.4, -0.2) is 31.8 Å². The summed E-state index contributed by atoms with van der Waals surface area (Å²) in [5.74, 6) is -2.50. The van der Waals surface area contributed by atoms with Gasteiger partial charge >= 0.3 is 0 Å². The van der Waals surface area contributed by atoms with Crippen LogP contribution < -0.4 is 4.72 Å². The lowest BCUT2D eigenvalue weighted by Crippen LogP contribution is -2.35. The summed E-state index contributed by atoms with van der Waals surface area (Å²) in [7, 11) is -4.02. The average Bonchev–Trinajstić information content (AvgIpc) is 3.48.